The molecule has 0 amide bonds. The van der Waals surface area contributed by atoms with E-state index in [1.54, 1.807) is 0 Å². The Kier molecular flexibility index (Phi) is 5.72. The van der Waals surface area contributed by atoms with Crippen molar-refractivity contribution in [3.63, 3.8) is 0 Å². The van der Waals surface area contributed by atoms with Gasteiger partial charge in [0.05, 0.1) is 5.56 Å². The fourth-order valence-electron chi connectivity index (χ4n) is 5.81. The lowest BCUT2D eigenvalue weighted by Gasteiger charge is -2.22. The Labute approximate surface area is 224 Å². The monoisotopic (exact) mass is 501 g/mol. The Balaban J connectivity index is 1.59. The third kappa shape index (κ3) is 4.01. The molecule has 0 spiro atoms. The average Bonchev–Trinajstić information content (AvgIpc) is 3.37. The maximum absolute atomic E-state index is 6.75. The topological polar surface area (TPSA) is 39.2 Å². The quantitative estimate of drug-likeness (QED) is 0.241. The fraction of sp³-hybridized carbons (Fsp3) is 0.286. The molecule has 0 aliphatic carbocycles. The highest BCUT2D eigenvalue weighted by atomic mass is 16.4. The first-order valence-electron chi connectivity index (χ1n) is 13.6. The van der Waals surface area contributed by atoms with E-state index >= 15 is 0 Å². The summed E-state index contributed by atoms with van der Waals surface area (Å²) >= 11 is 0. The first-order valence-corrected chi connectivity index (χ1v) is 13.6. The first kappa shape index (κ1) is 24.5. The molecule has 3 nitrogen and oxygen atoms in total. The summed E-state index contributed by atoms with van der Waals surface area (Å²) < 4.78 is 13.0. The largest absolute Gasteiger partial charge is 0.461 e. The van der Waals surface area contributed by atoms with Crippen LogP contribution in [0.1, 0.15) is 57.1 Å². The fourth-order valence-corrected chi connectivity index (χ4v) is 5.81. The van der Waals surface area contributed by atoms with Gasteiger partial charge in [0, 0.05) is 28.1 Å². The van der Waals surface area contributed by atoms with Crippen LogP contribution in [0.3, 0.4) is 0 Å². The van der Waals surface area contributed by atoms with Crippen molar-refractivity contribution < 1.29 is 8.83 Å². The van der Waals surface area contributed by atoms with E-state index < -0.39 is 0 Å². The molecule has 6 aromatic rings. The summed E-state index contributed by atoms with van der Waals surface area (Å²) in [5.74, 6) is 2.33. The van der Waals surface area contributed by atoms with E-state index in [9.17, 15) is 0 Å². The van der Waals surface area contributed by atoms with Gasteiger partial charge in [-0.25, -0.2) is 0 Å². The smallest absolute Gasteiger partial charge is 0.161 e. The van der Waals surface area contributed by atoms with Crippen molar-refractivity contribution in [3.05, 3.63) is 89.3 Å². The zero-order valence-electron chi connectivity index (χ0n) is 23.4. The highest BCUT2D eigenvalue weighted by Gasteiger charge is 2.24. The molecule has 0 atom stereocenters. The number of aryl methyl sites for hydroxylation is 2. The number of nitrogens with zero attached hydrogens (tertiary/aromatic N) is 1. The second-order valence-corrected chi connectivity index (χ2v) is 12.0. The number of aromatic nitrogens is 1. The second kappa shape index (κ2) is 8.87. The lowest BCUT2D eigenvalue weighted by Crippen LogP contribution is -2.12. The SMILES string of the molecule is Cc1oc2ccc(CC(C)C)cc2c1-c1oc2c(-c3cc(C(C)(C)C)c4ccccc4c3)nccc2c1C. The molecule has 38 heavy (non-hydrogen) atoms. The van der Waals surface area contributed by atoms with Crippen LogP contribution in [0.15, 0.2) is 75.7 Å². The van der Waals surface area contributed by atoms with Crippen molar-refractivity contribution in [3.8, 4) is 22.6 Å². The lowest BCUT2D eigenvalue weighted by molar-refractivity contribution is 0.573. The predicted octanol–water partition coefficient (Wildman–Crippen LogP) is 10.2. The van der Waals surface area contributed by atoms with Crippen LogP contribution in [0.25, 0.3) is 55.3 Å². The van der Waals surface area contributed by atoms with Crippen molar-refractivity contribution in [2.75, 3.05) is 0 Å². The van der Waals surface area contributed by atoms with Gasteiger partial charge in [0.1, 0.15) is 22.8 Å². The summed E-state index contributed by atoms with van der Waals surface area (Å²) in [6.07, 6.45) is 2.93. The van der Waals surface area contributed by atoms with E-state index in [1.807, 2.05) is 13.1 Å². The second-order valence-electron chi connectivity index (χ2n) is 12.0. The molecule has 3 heteroatoms. The van der Waals surface area contributed by atoms with Gasteiger partial charge in [-0.2, -0.15) is 0 Å². The van der Waals surface area contributed by atoms with E-state index in [0.717, 1.165) is 62.3 Å². The van der Waals surface area contributed by atoms with Gasteiger partial charge in [0.2, 0.25) is 0 Å². The third-order valence-electron chi connectivity index (χ3n) is 7.60. The standard InChI is InChI=1S/C35H35NO2/c1-20(2)16-23-12-13-30-28(17-23)31(22(4)37-30)33-21(3)26-14-15-36-32(34(26)38-33)25-18-24-10-8-9-11-27(24)29(19-25)35(5,6)7/h8-15,17-20H,16H2,1-7H3. The molecule has 6 rings (SSSR count). The molecule has 0 bridgehead atoms. The molecule has 3 aromatic heterocycles. The number of hydrogen-bond acceptors (Lipinski definition) is 3. The zero-order chi connectivity index (χ0) is 26.8. The molecule has 0 N–H and O–H groups in total. The lowest BCUT2D eigenvalue weighted by atomic mass is 9.82. The minimum Gasteiger partial charge on any atom is -0.461 e. The summed E-state index contributed by atoms with van der Waals surface area (Å²) in [5.41, 5.74) is 8.44. The highest BCUT2D eigenvalue weighted by Crippen LogP contribution is 2.43. The molecule has 0 fully saturated rings. The van der Waals surface area contributed by atoms with Crippen molar-refractivity contribution in [1.29, 1.82) is 0 Å². The van der Waals surface area contributed by atoms with E-state index in [0.29, 0.717) is 5.92 Å². The summed E-state index contributed by atoms with van der Waals surface area (Å²) in [7, 11) is 0. The van der Waals surface area contributed by atoms with Gasteiger partial charge >= 0.3 is 0 Å². The molecule has 0 saturated heterocycles. The van der Waals surface area contributed by atoms with Crippen LogP contribution in [-0.4, -0.2) is 4.98 Å². The van der Waals surface area contributed by atoms with Crippen LogP contribution in [0.4, 0.5) is 0 Å². The Bertz CT molecular complexity index is 1820. The van der Waals surface area contributed by atoms with Gasteiger partial charge in [-0.05, 0) is 83.8 Å². The minimum absolute atomic E-state index is 0.00569. The van der Waals surface area contributed by atoms with Crippen LogP contribution in [0.2, 0.25) is 0 Å². The van der Waals surface area contributed by atoms with Crippen LogP contribution in [0, 0.1) is 19.8 Å². The van der Waals surface area contributed by atoms with Crippen LogP contribution >= 0.6 is 0 Å². The van der Waals surface area contributed by atoms with E-state index in [1.165, 1.54) is 21.9 Å². The van der Waals surface area contributed by atoms with Crippen molar-refractivity contribution in [1.82, 2.24) is 4.98 Å². The number of rotatable bonds is 4. The van der Waals surface area contributed by atoms with Crippen molar-refractivity contribution in [2.24, 2.45) is 5.92 Å². The van der Waals surface area contributed by atoms with Gasteiger partial charge in [0.25, 0.3) is 0 Å². The first-order chi connectivity index (χ1) is 18.1. The summed E-state index contributed by atoms with van der Waals surface area (Å²) in [6.45, 7) is 15.5. The summed E-state index contributed by atoms with van der Waals surface area (Å²) in [4.78, 5) is 4.86. The van der Waals surface area contributed by atoms with Crippen LogP contribution in [-0.2, 0) is 11.8 Å². The molecular formula is C35H35NO2. The minimum atomic E-state index is -0.00569. The maximum Gasteiger partial charge on any atom is 0.161 e. The van der Waals surface area contributed by atoms with E-state index in [-0.39, 0.29) is 5.41 Å². The molecule has 0 radical (unpaired) electrons. The molecule has 0 saturated carbocycles. The molecule has 0 unspecified atom stereocenters. The molecular weight excluding hydrogens is 466 g/mol. The molecule has 3 aromatic carbocycles. The number of hydrogen-bond donors (Lipinski definition) is 0. The number of fused-ring (bicyclic) bond motifs is 3. The van der Waals surface area contributed by atoms with Crippen LogP contribution in [0.5, 0.6) is 0 Å². The number of furan rings is 2. The van der Waals surface area contributed by atoms with Gasteiger partial charge in [-0.3, -0.25) is 4.98 Å². The highest BCUT2D eigenvalue weighted by molar-refractivity contribution is 6.02. The Hall–Kier alpha value is -3.85. The van der Waals surface area contributed by atoms with Gasteiger partial charge < -0.3 is 8.83 Å². The van der Waals surface area contributed by atoms with Crippen molar-refractivity contribution >= 4 is 32.7 Å². The molecule has 3 heterocycles. The molecule has 192 valence electrons. The Morgan fingerprint density at radius 3 is 2.39 bits per heavy atom. The predicted molar refractivity (Wildman–Crippen MR) is 159 cm³/mol. The Morgan fingerprint density at radius 1 is 0.842 bits per heavy atom. The maximum atomic E-state index is 6.75. The van der Waals surface area contributed by atoms with E-state index in [2.05, 4.69) is 102 Å². The van der Waals surface area contributed by atoms with E-state index in [4.69, 9.17) is 13.8 Å². The summed E-state index contributed by atoms with van der Waals surface area (Å²) in [6, 6.07) is 21.7. The summed E-state index contributed by atoms with van der Waals surface area (Å²) in [5, 5.41) is 4.69. The normalized spacial score (nSPS) is 12.4. The number of benzene rings is 3. The van der Waals surface area contributed by atoms with Crippen molar-refractivity contribution in [2.45, 2.75) is 60.3 Å². The molecule has 0 aliphatic rings. The third-order valence-corrected chi connectivity index (χ3v) is 7.60. The van der Waals surface area contributed by atoms with Crippen LogP contribution < -0.4 is 0 Å². The average molecular weight is 502 g/mol. The van der Waals surface area contributed by atoms with Gasteiger partial charge in [-0.1, -0.05) is 65.0 Å². The zero-order valence-corrected chi connectivity index (χ0v) is 23.4. The Morgan fingerprint density at radius 2 is 1.63 bits per heavy atom. The van der Waals surface area contributed by atoms with Gasteiger partial charge in [-0.15, -0.1) is 0 Å². The van der Waals surface area contributed by atoms with Gasteiger partial charge in [0.15, 0.2) is 5.58 Å². The molecule has 0 aliphatic heterocycles. The number of pyridine rings is 1.